The second kappa shape index (κ2) is 7.14. The Hall–Kier alpha value is -1.76. The van der Waals surface area contributed by atoms with E-state index in [1.54, 1.807) is 0 Å². The topological polar surface area (TPSA) is 67.7 Å². The van der Waals surface area contributed by atoms with E-state index in [1.807, 2.05) is 36.3 Å². The van der Waals surface area contributed by atoms with Crippen LogP contribution in [0.15, 0.2) is 23.6 Å². The van der Waals surface area contributed by atoms with Crippen LogP contribution in [0.5, 0.6) is 0 Å². The van der Waals surface area contributed by atoms with E-state index >= 15 is 0 Å². The normalized spacial score (nSPS) is 10.6. The fraction of sp³-hybridized carbons (Fsp3) is 0.462. The molecule has 2 heterocycles. The van der Waals surface area contributed by atoms with E-state index in [4.69, 9.17) is 0 Å². The number of aryl methyl sites for hydroxylation is 1. The molecule has 2 aromatic rings. The number of rotatable bonds is 7. The molecule has 0 aliphatic heterocycles. The summed E-state index contributed by atoms with van der Waals surface area (Å²) in [6.07, 6.45) is 6.60. The summed E-state index contributed by atoms with van der Waals surface area (Å²) >= 11 is 1.54. The van der Waals surface area contributed by atoms with Gasteiger partial charge in [0.15, 0.2) is 5.16 Å². The molecule has 108 valence electrons. The maximum atomic E-state index is 4.45. The van der Waals surface area contributed by atoms with Gasteiger partial charge in [0.25, 0.3) is 0 Å². The minimum absolute atomic E-state index is 0.767. The summed E-state index contributed by atoms with van der Waals surface area (Å²) in [6.45, 7) is 3.69. The Balaban J connectivity index is 1.97. The number of thioether (sulfide) groups is 1. The first kappa shape index (κ1) is 14.6. The number of hydrogen-bond acceptors (Lipinski definition) is 6. The molecular formula is C13H20N6S. The highest BCUT2D eigenvalue weighted by Crippen LogP contribution is 2.17. The van der Waals surface area contributed by atoms with E-state index in [0.29, 0.717) is 0 Å². The van der Waals surface area contributed by atoms with Crippen molar-refractivity contribution in [2.24, 2.45) is 7.05 Å². The third kappa shape index (κ3) is 3.86. The molecule has 0 saturated carbocycles. The molecule has 0 saturated heterocycles. The van der Waals surface area contributed by atoms with Gasteiger partial charge in [0, 0.05) is 45.0 Å². The van der Waals surface area contributed by atoms with Crippen LogP contribution >= 0.6 is 11.8 Å². The molecule has 0 aliphatic carbocycles. The molecule has 7 heteroatoms. The summed E-state index contributed by atoms with van der Waals surface area (Å²) < 4.78 is 2.03. The van der Waals surface area contributed by atoms with Gasteiger partial charge in [0.2, 0.25) is 0 Å². The number of aromatic nitrogens is 4. The molecular weight excluding hydrogens is 272 g/mol. The van der Waals surface area contributed by atoms with Crippen LogP contribution in [-0.2, 0) is 13.5 Å². The molecule has 0 unspecified atom stereocenters. The van der Waals surface area contributed by atoms with Crippen molar-refractivity contribution in [2.75, 3.05) is 30.0 Å². The van der Waals surface area contributed by atoms with Crippen LogP contribution in [0, 0.1) is 0 Å². The maximum absolute atomic E-state index is 4.45. The third-order valence-electron chi connectivity index (χ3n) is 2.82. The van der Waals surface area contributed by atoms with Crippen molar-refractivity contribution in [1.82, 2.24) is 19.5 Å². The van der Waals surface area contributed by atoms with Crippen LogP contribution in [0.2, 0.25) is 0 Å². The average Bonchev–Trinajstić information content (AvgIpc) is 2.84. The first-order valence-corrected chi connectivity index (χ1v) is 7.82. The lowest BCUT2D eigenvalue weighted by molar-refractivity contribution is 0.787. The SMILES string of the molecule is CCNc1cc(NCCc2nccn2C)nc(SC)n1. The quantitative estimate of drug-likeness (QED) is 0.601. The van der Waals surface area contributed by atoms with Crippen LogP contribution in [0.25, 0.3) is 0 Å². The molecule has 0 spiro atoms. The van der Waals surface area contributed by atoms with Crippen LogP contribution in [0.1, 0.15) is 12.7 Å². The lowest BCUT2D eigenvalue weighted by Gasteiger charge is -2.09. The van der Waals surface area contributed by atoms with Crippen molar-refractivity contribution in [3.05, 3.63) is 24.3 Å². The Morgan fingerprint density at radius 1 is 1.25 bits per heavy atom. The molecule has 2 aromatic heterocycles. The fourth-order valence-corrected chi connectivity index (χ4v) is 2.20. The van der Waals surface area contributed by atoms with Crippen molar-refractivity contribution in [1.29, 1.82) is 0 Å². The number of nitrogens with zero attached hydrogens (tertiary/aromatic N) is 4. The number of anilines is 2. The molecule has 0 atom stereocenters. The molecule has 0 aromatic carbocycles. The summed E-state index contributed by atoms with van der Waals surface area (Å²) in [5, 5.41) is 7.31. The summed E-state index contributed by atoms with van der Waals surface area (Å²) in [6, 6.07) is 1.93. The first-order chi connectivity index (χ1) is 9.72. The third-order valence-corrected chi connectivity index (χ3v) is 3.37. The molecule has 0 fully saturated rings. The molecule has 2 rings (SSSR count). The van der Waals surface area contributed by atoms with Crippen LogP contribution in [0.4, 0.5) is 11.6 Å². The second-order valence-corrected chi connectivity index (χ2v) is 5.06. The van der Waals surface area contributed by atoms with E-state index in [1.165, 1.54) is 11.8 Å². The van der Waals surface area contributed by atoms with E-state index < -0.39 is 0 Å². The highest BCUT2D eigenvalue weighted by molar-refractivity contribution is 7.98. The van der Waals surface area contributed by atoms with Gasteiger partial charge in [-0.1, -0.05) is 11.8 Å². The molecule has 20 heavy (non-hydrogen) atoms. The van der Waals surface area contributed by atoms with Crippen molar-refractivity contribution < 1.29 is 0 Å². The minimum atomic E-state index is 0.767. The van der Waals surface area contributed by atoms with Gasteiger partial charge in [-0.25, -0.2) is 15.0 Å². The largest absolute Gasteiger partial charge is 0.370 e. The molecule has 0 bridgehead atoms. The Kier molecular flexibility index (Phi) is 5.23. The highest BCUT2D eigenvalue weighted by atomic mass is 32.2. The van der Waals surface area contributed by atoms with Crippen molar-refractivity contribution in [3.63, 3.8) is 0 Å². The summed E-state index contributed by atoms with van der Waals surface area (Å²) in [5.41, 5.74) is 0. The van der Waals surface area contributed by atoms with E-state index in [9.17, 15) is 0 Å². The van der Waals surface area contributed by atoms with Gasteiger partial charge in [0.1, 0.15) is 17.5 Å². The zero-order valence-electron chi connectivity index (χ0n) is 12.1. The van der Waals surface area contributed by atoms with Gasteiger partial charge in [-0.3, -0.25) is 0 Å². The molecule has 0 radical (unpaired) electrons. The lowest BCUT2D eigenvalue weighted by Crippen LogP contribution is -2.11. The Labute approximate surface area is 123 Å². The standard InChI is InChI=1S/C13H20N6S/c1-4-14-10-9-11(18-13(17-10)20-3)15-6-5-12-16-7-8-19(12)2/h7-9H,4-6H2,1-3H3,(H2,14,15,17,18). The van der Waals surface area contributed by atoms with Crippen molar-refractivity contribution in [2.45, 2.75) is 18.5 Å². The second-order valence-electron chi connectivity index (χ2n) is 4.29. The Morgan fingerprint density at radius 2 is 2.00 bits per heavy atom. The first-order valence-electron chi connectivity index (χ1n) is 6.60. The molecule has 0 amide bonds. The smallest absolute Gasteiger partial charge is 0.191 e. The molecule has 0 aliphatic rings. The molecule has 2 N–H and O–H groups in total. The van der Waals surface area contributed by atoms with Gasteiger partial charge in [-0.15, -0.1) is 0 Å². The lowest BCUT2D eigenvalue weighted by atomic mass is 10.4. The number of nitrogens with one attached hydrogen (secondary N) is 2. The van der Waals surface area contributed by atoms with Gasteiger partial charge in [-0.2, -0.15) is 0 Å². The monoisotopic (exact) mass is 292 g/mol. The van der Waals surface area contributed by atoms with Crippen molar-refractivity contribution >= 4 is 23.4 Å². The van der Waals surface area contributed by atoms with Gasteiger partial charge >= 0.3 is 0 Å². The summed E-state index contributed by atoms with van der Waals surface area (Å²) in [4.78, 5) is 13.1. The Bertz CT molecular complexity index is 554. The van der Waals surface area contributed by atoms with Crippen LogP contribution in [0.3, 0.4) is 0 Å². The van der Waals surface area contributed by atoms with Crippen LogP contribution in [-0.4, -0.2) is 38.9 Å². The Morgan fingerprint density at radius 3 is 2.60 bits per heavy atom. The molecule has 6 nitrogen and oxygen atoms in total. The average molecular weight is 292 g/mol. The van der Waals surface area contributed by atoms with E-state index in [0.717, 1.165) is 42.1 Å². The maximum Gasteiger partial charge on any atom is 0.191 e. The van der Waals surface area contributed by atoms with E-state index in [2.05, 4.69) is 32.5 Å². The van der Waals surface area contributed by atoms with Gasteiger partial charge in [0.05, 0.1) is 0 Å². The highest BCUT2D eigenvalue weighted by Gasteiger charge is 2.04. The summed E-state index contributed by atoms with van der Waals surface area (Å²) in [5.74, 6) is 2.75. The fourth-order valence-electron chi connectivity index (χ4n) is 1.82. The zero-order chi connectivity index (χ0) is 14.4. The summed E-state index contributed by atoms with van der Waals surface area (Å²) in [7, 11) is 2.00. The minimum Gasteiger partial charge on any atom is -0.370 e. The predicted molar refractivity (Wildman–Crippen MR) is 83.4 cm³/mol. The zero-order valence-corrected chi connectivity index (χ0v) is 12.9. The van der Waals surface area contributed by atoms with Crippen molar-refractivity contribution in [3.8, 4) is 0 Å². The van der Waals surface area contributed by atoms with Gasteiger partial charge in [-0.05, 0) is 13.2 Å². The number of imidazole rings is 1. The predicted octanol–water partition coefficient (Wildman–Crippen LogP) is 2.02. The van der Waals surface area contributed by atoms with Gasteiger partial charge < -0.3 is 15.2 Å². The van der Waals surface area contributed by atoms with Crippen LogP contribution < -0.4 is 10.6 Å². The van der Waals surface area contributed by atoms with E-state index in [-0.39, 0.29) is 0 Å². The number of hydrogen-bond donors (Lipinski definition) is 2.